The van der Waals surface area contributed by atoms with Crippen LogP contribution in [0.2, 0.25) is 0 Å². The number of benzene rings is 1. The van der Waals surface area contributed by atoms with Crippen LogP contribution in [-0.2, 0) is 4.74 Å². The van der Waals surface area contributed by atoms with Crippen molar-refractivity contribution >= 4 is 5.97 Å². The first-order chi connectivity index (χ1) is 11.8. The van der Waals surface area contributed by atoms with Gasteiger partial charge in [0.25, 0.3) is 0 Å². The Morgan fingerprint density at radius 2 is 1.32 bits per heavy atom. The highest BCUT2D eigenvalue weighted by molar-refractivity contribution is 5.89. The van der Waals surface area contributed by atoms with E-state index >= 15 is 0 Å². The van der Waals surface area contributed by atoms with E-state index in [2.05, 4.69) is 27.7 Å². The van der Waals surface area contributed by atoms with E-state index in [0.717, 1.165) is 30.2 Å². The Hall–Kier alpha value is -1.31. The summed E-state index contributed by atoms with van der Waals surface area (Å²) in [4.78, 5) is 12.1. The van der Waals surface area contributed by atoms with Crippen LogP contribution in [0, 0.1) is 24.7 Å². The molecule has 1 aromatic rings. The molecule has 0 fully saturated rings. The van der Waals surface area contributed by atoms with E-state index in [0.29, 0.717) is 11.5 Å². The van der Waals surface area contributed by atoms with E-state index in [1.165, 1.54) is 12.8 Å². The molecule has 0 radical (unpaired) electrons. The summed E-state index contributed by atoms with van der Waals surface area (Å²) in [6.45, 7) is 17.2. The van der Waals surface area contributed by atoms with E-state index in [1.54, 1.807) is 0 Å². The monoisotopic (exact) mass is 348 g/mol. The molecule has 1 aromatic carbocycles. The van der Waals surface area contributed by atoms with Crippen molar-refractivity contribution in [3.05, 3.63) is 35.4 Å². The third-order valence-electron chi connectivity index (χ3n) is 4.79. The molecule has 0 bridgehead atoms. The number of carbonyl (C=O) groups excluding carboxylic acids is 1. The zero-order valence-electron chi connectivity index (χ0n) is 17.8. The van der Waals surface area contributed by atoms with Gasteiger partial charge in [-0.3, -0.25) is 0 Å². The number of esters is 1. The first-order valence-corrected chi connectivity index (χ1v) is 10.1. The average Bonchev–Trinajstić information content (AvgIpc) is 2.59. The fourth-order valence-corrected chi connectivity index (χ4v) is 2.66. The second kappa shape index (κ2) is 13.0. The summed E-state index contributed by atoms with van der Waals surface area (Å²) >= 11 is 0. The van der Waals surface area contributed by atoms with Crippen LogP contribution in [-0.4, -0.2) is 12.1 Å². The molecule has 0 aliphatic carbocycles. The summed E-state index contributed by atoms with van der Waals surface area (Å²) < 4.78 is 5.57. The molecule has 0 aliphatic heterocycles. The molecule has 0 spiro atoms. The number of ether oxygens (including phenoxy) is 1. The van der Waals surface area contributed by atoms with Gasteiger partial charge in [-0.25, -0.2) is 4.79 Å². The molecule has 25 heavy (non-hydrogen) atoms. The van der Waals surface area contributed by atoms with Crippen molar-refractivity contribution in [3.63, 3.8) is 0 Å². The zero-order chi connectivity index (χ0) is 19.4. The molecule has 0 saturated carbocycles. The average molecular weight is 349 g/mol. The molecule has 3 unspecified atom stereocenters. The number of hydrogen-bond acceptors (Lipinski definition) is 2. The van der Waals surface area contributed by atoms with Crippen LogP contribution in [0.5, 0.6) is 0 Å². The van der Waals surface area contributed by atoms with Gasteiger partial charge in [0.1, 0.15) is 0 Å². The SMILES string of the molecule is CC.Cc1ccc(C(=O)OC(C)CCC(C)C(C)CCC(C)C)cc1. The predicted octanol–water partition coefficient (Wildman–Crippen LogP) is 7.06. The third kappa shape index (κ3) is 10.3. The molecule has 0 saturated heterocycles. The maximum Gasteiger partial charge on any atom is 0.338 e. The van der Waals surface area contributed by atoms with Crippen molar-refractivity contribution in [1.29, 1.82) is 0 Å². The number of rotatable bonds is 9. The molecule has 144 valence electrons. The molecule has 2 heteroatoms. The van der Waals surface area contributed by atoms with E-state index in [-0.39, 0.29) is 12.1 Å². The maximum atomic E-state index is 12.1. The Bertz CT molecular complexity index is 461. The molecule has 0 aromatic heterocycles. The topological polar surface area (TPSA) is 26.3 Å². The quantitative estimate of drug-likeness (QED) is 0.447. The van der Waals surface area contributed by atoms with Gasteiger partial charge >= 0.3 is 5.97 Å². The molecule has 2 nitrogen and oxygen atoms in total. The summed E-state index contributed by atoms with van der Waals surface area (Å²) in [6.07, 6.45) is 4.61. The Kier molecular flexibility index (Phi) is 12.3. The second-order valence-electron chi connectivity index (χ2n) is 7.59. The van der Waals surface area contributed by atoms with Crippen molar-refractivity contribution in [1.82, 2.24) is 0 Å². The smallest absolute Gasteiger partial charge is 0.338 e. The fraction of sp³-hybridized carbons (Fsp3) is 0.696. The molecule has 3 atom stereocenters. The minimum absolute atomic E-state index is 0.0245. The van der Waals surface area contributed by atoms with Crippen molar-refractivity contribution in [2.24, 2.45) is 17.8 Å². The van der Waals surface area contributed by atoms with Crippen LogP contribution in [0.15, 0.2) is 24.3 Å². The van der Waals surface area contributed by atoms with Gasteiger partial charge in [-0.15, -0.1) is 0 Å². The van der Waals surface area contributed by atoms with Crippen LogP contribution in [0.4, 0.5) is 0 Å². The normalized spacial score (nSPS) is 14.3. The van der Waals surface area contributed by atoms with Crippen molar-refractivity contribution in [2.45, 2.75) is 87.2 Å². The predicted molar refractivity (Wildman–Crippen MR) is 109 cm³/mol. The van der Waals surface area contributed by atoms with E-state index < -0.39 is 0 Å². The summed E-state index contributed by atoms with van der Waals surface area (Å²) in [6, 6.07) is 7.56. The van der Waals surface area contributed by atoms with Crippen LogP contribution < -0.4 is 0 Å². The molecular formula is C23H40O2. The van der Waals surface area contributed by atoms with Gasteiger partial charge in [0.05, 0.1) is 11.7 Å². The Labute approximate surface area is 156 Å². The lowest BCUT2D eigenvalue weighted by atomic mass is 9.86. The molecule has 1 rings (SSSR count). The van der Waals surface area contributed by atoms with Gasteiger partial charge < -0.3 is 4.74 Å². The molecule has 0 N–H and O–H groups in total. The number of hydrogen-bond donors (Lipinski definition) is 0. The van der Waals surface area contributed by atoms with Gasteiger partial charge in [0.15, 0.2) is 0 Å². The van der Waals surface area contributed by atoms with Crippen LogP contribution in [0.25, 0.3) is 0 Å². The fourth-order valence-electron chi connectivity index (χ4n) is 2.66. The Morgan fingerprint density at radius 1 is 0.840 bits per heavy atom. The molecule has 0 aliphatic rings. The standard InChI is InChI=1S/C21H34O2.C2H6/c1-15(2)7-10-17(4)18(5)11-12-19(6)23-21(22)20-13-8-16(3)9-14-20;1-2/h8-9,13-15,17-19H,7,10-12H2,1-6H3;1-2H3. The van der Waals surface area contributed by atoms with Crippen molar-refractivity contribution in [2.75, 3.05) is 0 Å². The second-order valence-corrected chi connectivity index (χ2v) is 7.59. The minimum atomic E-state index is -0.210. The first kappa shape index (κ1) is 23.7. The van der Waals surface area contributed by atoms with E-state index in [4.69, 9.17) is 4.74 Å². The summed E-state index contributed by atoms with van der Waals surface area (Å²) in [5.41, 5.74) is 1.79. The van der Waals surface area contributed by atoms with Crippen molar-refractivity contribution < 1.29 is 9.53 Å². The molecule has 0 amide bonds. The van der Waals surface area contributed by atoms with Gasteiger partial charge in [-0.2, -0.15) is 0 Å². The van der Waals surface area contributed by atoms with E-state index in [9.17, 15) is 4.79 Å². The lowest BCUT2D eigenvalue weighted by Gasteiger charge is -2.22. The summed E-state index contributed by atoms with van der Waals surface area (Å²) in [7, 11) is 0. The number of aryl methyl sites for hydroxylation is 1. The summed E-state index contributed by atoms with van der Waals surface area (Å²) in [5, 5.41) is 0. The van der Waals surface area contributed by atoms with Gasteiger partial charge in [0.2, 0.25) is 0 Å². The highest BCUT2D eigenvalue weighted by Crippen LogP contribution is 2.24. The highest BCUT2D eigenvalue weighted by Gasteiger charge is 2.16. The van der Waals surface area contributed by atoms with Crippen LogP contribution in [0.3, 0.4) is 0 Å². The lowest BCUT2D eigenvalue weighted by molar-refractivity contribution is 0.0307. The summed E-state index contributed by atoms with van der Waals surface area (Å²) in [5.74, 6) is 1.98. The lowest BCUT2D eigenvalue weighted by Crippen LogP contribution is -2.17. The van der Waals surface area contributed by atoms with Crippen LogP contribution in [0.1, 0.15) is 90.1 Å². The van der Waals surface area contributed by atoms with Gasteiger partial charge in [0, 0.05) is 0 Å². The van der Waals surface area contributed by atoms with Gasteiger partial charge in [-0.1, -0.05) is 72.1 Å². The first-order valence-electron chi connectivity index (χ1n) is 10.1. The zero-order valence-corrected chi connectivity index (χ0v) is 17.8. The van der Waals surface area contributed by atoms with Crippen molar-refractivity contribution in [3.8, 4) is 0 Å². The largest absolute Gasteiger partial charge is 0.459 e. The van der Waals surface area contributed by atoms with E-state index in [1.807, 2.05) is 52.0 Å². The molecular weight excluding hydrogens is 308 g/mol. The molecule has 0 heterocycles. The minimum Gasteiger partial charge on any atom is -0.459 e. The Balaban J connectivity index is 0.00000277. The van der Waals surface area contributed by atoms with Crippen LogP contribution >= 0.6 is 0 Å². The Morgan fingerprint density at radius 3 is 1.80 bits per heavy atom. The highest BCUT2D eigenvalue weighted by atomic mass is 16.5. The third-order valence-corrected chi connectivity index (χ3v) is 4.79. The maximum absolute atomic E-state index is 12.1. The van der Waals surface area contributed by atoms with Gasteiger partial charge in [-0.05, 0) is 56.6 Å². The number of carbonyl (C=O) groups is 1.